The van der Waals surface area contributed by atoms with Gasteiger partial charge in [0.1, 0.15) is 23.0 Å². The van der Waals surface area contributed by atoms with Gasteiger partial charge in [0.25, 0.3) is 0 Å². The quantitative estimate of drug-likeness (QED) is 0.573. The second-order valence-corrected chi connectivity index (χ2v) is 8.88. The highest BCUT2D eigenvalue weighted by Gasteiger charge is 2.29. The van der Waals surface area contributed by atoms with Crippen molar-refractivity contribution in [2.24, 2.45) is 0 Å². The maximum absolute atomic E-state index is 11.6. The van der Waals surface area contributed by atoms with Crippen molar-refractivity contribution in [3.8, 4) is 0 Å². The van der Waals surface area contributed by atoms with E-state index in [-0.39, 0.29) is 11.5 Å². The van der Waals surface area contributed by atoms with Gasteiger partial charge in [-0.25, -0.2) is 9.78 Å². The van der Waals surface area contributed by atoms with Gasteiger partial charge in [0, 0.05) is 38.3 Å². The summed E-state index contributed by atoms with van der Waals surface area (Å²) in [5.41, 5.74) is 1.48. The first-order valence-electron chi connectivity index (χ1n) is 11.9. The first-order valence-corrected chi connectivity index (χ1v) is 11.9. The Labute approximate surface area is 199 Å². The van der Waals surface area contributed by atoms with Crippen LogP contribution in [0.1, 0.15) is 46.3 Å². The van der Waals surface area contributed by atoms with Crippen LogP contribution < -0.4 is 4.90 Å². The molecule has 9 heteroatoms. The molecule has 34 heavy (non-hydrogen) atoms. The third-order valence-electron chi connectivity index (χ3n) is 6.68. The number of hydrogen-bond donors (Lipinski definition) is 1. The standard InChI is InChI=1S/C25H30N6O3/c32-25(33)21-7-4-10-26-24(21)30-11-8-20(9-12-30)23-28-27-22(18-29-13-15-34-16-14-29)31(23)17-19-5-2-1-3-6-19/h1-7,10,20H,8-9,11-18H2,(H,32,33). The average Bonchev–Trinajstić information content (AvgIpc) is 3.27. The normalized spacial score (nSPS) is 17.7. The van der Waals surface area contributed by atoms with Crippen molar-refractivity contribution in [2.75, 3.05) is 44.3 Å². The minimum absolute atomic E-state index is 0.251. The number of benzene rings is 1. The van der Waals surface area contributed by atoms with Gasteiger partial charge < -0.3 is 19.3 Å². The number of morpholine rings is 1. The summed E-state index contributed by atoms with van der Waals surface area (Å²) in [4.78, 5) is 20.4. The lowest BCUT2D eigenvalue weighted by Crippen LogP contribution is -2.37. The number of rotatable bonds is 7. The number of carboxylic acids is 1. The second kappa shape index (κ2) is 10.3. The Kier molecular flexibility index (Phi) is 6.82. The van der Waals surface area contributed by atoms with Gasteiger partial charge in [0.15, 0.2) is 0 Å². The molecule has 3 aromatic rings. The lowest BCUT2D eigenvalue weighted by molar-refractivity contribution is 0.0325. The van der Waals surface area contributed by atoms with Crippen LogP contribution in [0.5, 0.6) is 0 Å². The Balaban J connectivity index is 1.35. The number of piperidine rings is 1. The number of anilines is 1. The van der Waals surface area contributed by atoms with Crippen LogP contribution in [0.4, 0.5) is 5.82 Å². The Morgan fingerprint density at radius 1 is 0.971 bits per heavy atom. The molecular weight excluding hydrogens is 432 g/mol. The maximum atomic E-state index is 11.6. The maximum Gasteiger partial charge on any atom is 0.339 e. The van der Waals surface area contributed by atoms with Gasteiger partial charge in [-0.2, -0.15) is 0 Å². The minimum Gasteiger partial charge on any atom is -0.478 e. The summed E-state index contributed by atoms with van der Waals surface area (Å²) in [6.45, 7) is 6.29. The number of pyridine rings is 1. The molecule has 0 aliphatic carbocycles. The highest BCUT2D eigenvalue weighted by atomic mass is 16.5. The van der Waals surface area contributed by atoms with Crippen molar-refractivity contribution < 1.29 is 14.6 Å². The van der Waals surface area contributed by atoms with E-state index in [4.69, 9.17) is 4.74 Å². The molecule has 0 bridgehead atoms. The number of carboxylic acid groups (broad SMARTS) is 1. The van der Waals surface area contributed by atoms with Gasteiger partial charge in [-0.05, 0) is 30.5 Å². The van der Waals surface area contributed by atoms with Crippen LogP contribution >= 0.6 is 0 Å². The van der Waals surface area contributed by atoms with Crippen molar-refractivity contribution in [1.82, 2.24) is 24.6 Å². The largest absolute Gasteiger partial charge is 0.478 e. The van der Waals surface area contributed by atoms with Gasteiger partial charge >= 0.3 is 5.97 Å². The molecule has 9 nitrogen and oxygen atoms in total. The van der Waals surface area contributed by atoms with Crippen LogP contribution in [-0.2, 0) is 17.8 Å². The number of hydrogen-bond acceptors (Lipinski definition) is 7. The first kappa shape index (κ1) is 22.5. The lowest BCUT2D eigenvalue weighted by Gasteiger charge is -2.33. The van der Waals surface area contributed by atoms with Crippen LogP contribution in [0.15, 0.2) is 48.7 Å². The van der Waals surface area contributed by atoms with Crippen LogP contribution in [0.25, 0.3) is 0 Å². The monoisotopic (exact) mass is 462 g/mol. The molecule has 5 rings (SSSR count). The van der Waals surface area contributed by atoms with Crippen molar-refractivity contribution in [1.29, 1.82) is 0 Å². The average molecular weight is 463 g/mol. The fourth-order valence-electron chi connectivity index (χ4n) is 4.83. The molecule has 2 fully saturated rings. The molecule has 0 amide bonds. The Bertz CT molecular complexity index is 1100. The van der Waals surface area contributed by atoms with E-state index in [2.05, 4.69) is 53.8 Å². The molecule has 2 saturated heterocycles. The number of carbonyl (C=O) groups is 1. The molecule has 0 atom stereocenters. The molecule has 4 heterocycles. The van der Waals surface area contributed by atoms with E-state index >= 15 is 0 Å². The van der Waals surface area contributed by atoms with Crippen molar-refractivity contribution in [3.63, 3.8) is 0 Å². The molecule has 2 aliphatic rings. The molecule has 1 N–H and O–H groups in total. The predicted octanol–water partition coefficient (Wildman–Crippen LogP) is 2.64. The van der Waals surface area contributed by atoms with Gasteiger partial charge in [-0.15, -0.1) is 10.2 Å². The number of nitrogens with zero attached hydrogens (tertiary/aromatic N) is 6. The topological polar surface area (TPSA) is 96.6 Å². The Morgan fingerprint density at radius 3 is 2.47 bits per heavy atom. The molecule has 178 valence electrons. The highest BCUT2D eigenvalue weighted by Crippen LogP contribution is 2.31. The summed E-state index contributed by atoms with van der Waals surface area (Å²) in [5.74, 6) is 1.88. The van der Waals surface area contributed by atoms with E-state index in [1.165, 1.54) is 5.56 Å². The molecule has 0 spiro atoms. The van der Waals surface area contributed by atoms with Crippen LogP contribution in [-0.4, -0.2) is 75.1 Å². The number of ether oxygens (including phenoxy) is 1. The molecule has 0 unspecified atom stereocenters. The summed E-state index contributed by atoms with van der Waals surface area (Å²) >= 11 is 0. The molecule has 2 aliphatic heterocycles. The Morgan fingerprint density at radius 2 is 1.74 bits per heavy atom. The van der Waals surface area contributed by atoms with Gasteiger partial charge in [-0.1, -0.05) is 30.3 Å². The number of aromatic carboxylic acids is 1. The zero-order valence-electron chi connectivity index (χ0n) is 19.2. The van der Waals surface area contributed by atoms with E-state index in [1.807, 2.05) is 6.07 Å². The molecular formula is C25H30N6O3. The SMILES string of the molecule is O=C(O)c1cccnc1N1CCC(c2nnc(CN3CCOCC3)n2Cc2ccccc2)CC1. The van der Waals surface area contributed by atoms with Crippen LogP contribution in [0.2, 0.25) is 0 Å². The summed E-state index contributed by atoms with van der Waals surface area (Å²) < 4.78 is 7.79. The lowest BCUT2D eigenvalue weighted by atomic mass is 9.95. The van der Waals surface area contributed by atoms with Gasteiger partial charge in [-0.3, -0.25) is 4.90 Å². The molecule has 0 saturated carbocycles. The highest BCUT2D eigenvalue weighted by molar-refractivity contribution is 5.93. The predicted molar refractivity (Wildman–Crippen MR) is 127 cm³/mol. The zero-order chi connectivity index (χ0) is 23.3. The summed E-state index contributed by atoms with van der Waals surface area (Å²) in [7, 11) is 0. The van der Waals surface area contributed by atoms with Crippen molar-refractivity contribution in [3.05, 3.63) is 71.4 Å². The van der Waals surface area contributed by atoms with E-state index in [0.717, 1.165) is 77.0 Å². The van der Waals surface area contributed by atoms with E-state index < -0.39 is 5.97 Å². The van der Waals surface area contributed by atoms with Gasteiger partial charge in [0.2, 0.25) is 0 Å². The molecule has 2 aromatic heterocycles. The van der Waals surface area contributed by atoms with Crippen molar-refractivity contribution >= 4 is 11.8 Å². The summed E-state index contributed by atoms with van der Waals surface area (Å²) in [6, 6.07) is 13.7. The summed E-state index contributed by atoms with van der Waals surface area (Å²) in [5, 5.41) is 18.8. The van der Waals surface area contributed by atoms with E-state index in [1.54, 1.807) is 18.3 Å². The summed E-state index contributed by atoms with van der Waals surface area (Å²) in [6.07, 6.45) is 3.41. The number of aromatic nitrogens is 4. The Hall–Kier alpha value is -3.30. The zero-order valence-corrected chi connectivity index (χ0v) is 19.2. The third kappa shape index (κ3) is 4.95. The molecule has 1 aromatic carbocycles. The van der Waals surface area contributed by atoms with E-state index in [0.29, 0.717) is 5.82 Å². The van der Waals surface area contributed by atoms with Crippen LogP contribution in [0.3, 0.4) is 0 Å². The smallest absolute Gasteiger partial charge is 0.339 e. The first-order chi connectivity index (χ1) is 16.7. The van der Waals surface area contributed by atoms with Gasteiger partial charge in [0.05, 0.1) is 26.3 Å². The van der Waals surface area contributed by atoms with Crippen molar-refractivity contribution in [2.45, 2.75) is 31.8 Å². The minimum atomic E-state index is -0.944. The fraction of sp³-hybridized carbons (Fsp3) is 0.440. The second-order valence-electron chi connectivity index (χ2n) is 8.88. The van der Waals surface area contributed by atoms with E-state index in [9.17, 15) is 9.90 Å². The van der Waals surface area contributed by atoms with Crippen LogP contribution in [0, 0.1) is 0 Å². The third-order valence-corrected chi connectivity index (χ3v) is 6.68. The fourth-order valence-corrected chi connectivity index (χ4v) is 4.83. The molecule has 0 radical (unpaired) electrons.